The number of aromatic nitrogens is 1. The van der Waals surface area contributed by atoms with Crippen LogP contribution in [0.2, 0.25) is 0 Å². The van der Waals surface area contributed by atoms with E-state index in [0.29, 0.717) is 17.0 Å². The highest BCUT2D eigenvalue weighted by atomic mass is 16.5. The fourth-order valence-corrected chi connectivity index (χ4v) is 3.68. The summed E-state index contributed by atoms with van der Waals surface area (Å²) in [5.41, 5.74) is -0.805. The van der Waals surface area contributed by atoms with Gasteiger partial charge in [-0.25, -0.2) is 4.79 Å². The summed E-state index contributed by atoms with van der Waals surface area (Å²) < 4.78 is 11.7. The lowest BCUT2D eigenvalue weighted by molar-refractivity contribution is -0.116. The number of nitrogens with zero attached hydrogens (tertiary/aromatic N) is 1. The van der Waals surface area contributed by atoms with Gasteiger partial charge in [0.1, 0.15) is 23.1 Å². The summed E-state index contributed by atoms with van der Waals surface area (Å²) in [6, 6.07) is 8.36. The molecule has 7 heteroatoms. The van der Waals surface area contributed by atoms with Gasteiger partial charge in [-0.2, -0.15) is 0 Å². The maximum absolute atomic E-state index is 13.5. The Kier molecular flexibility index (Phi) is 5.44. The molecule has 152 valence electrons. The number of ether oxygens (including phenoxy) is 2. The van der Waals surface area contributed by atoms with E-state index in [9.17, 15) is 19.5 Å². The number of fused-ring (bicyclic) bond motifs is 1. The van der Waals surface area contributed by atoms with Gasteiger partial charge in [-0.15, -0.1) is 0 Å². The monoisotopic (exact) mass is 397 g/mol. The molecule has 0 amide bonds. The van der Waals surface area contributed by atoms with Gasteiger partial charge in [-0.1, -0.05) is 0 Å². The van der Waals surface area contributed by atoms with E-state index >= 15 is 0 Å². The minimum atomic E-state index is -1.82. The molecular formula is C22H23NO6. The number of Topliss-reactive ketones (excluding diaryl/α,β-unsaturated/α-hetero) is 2. The zero-order chi connectivity index (χ0) is 21.3. The van der Waals surface area contributed by atoms with Gasteiger partial charge >= 0.3 is 5.97 Å². The minimum absolute atomic E-state index is 0.102. The van der Waals surface area contributed by atoms with E-state index in [0.717, 1.165) is 0 Å². The van der Waals surface area contributed by atoms with E-state index in [-0.39, 0.29) is 23.7 Å². The third-order valence-electron chi connectivity index (χ3n) is 5.06. The Balaban J connectivity index is 2.19. The molecule has 2 aromatic rings. The molecule has 7 nitrogen and oxygen atoms in total. The Morgan fingerprint density at radius 3 is 2.34 bits per heavy atom. The fraction of sp³-hybridized carbons (Fsp3) is 0.318. The molecule has 3 rings (SSSR count). The number of carbonyl (C=O) groups excluding carboxylic acids is 3. The second kappa shape index (κ2) is 7.67. The van der Waals surface area contributed by atoms with Crippen LogP contribution in [0.1, 0.15) is 53.4 Å². The van der Waals surface area contributed by atoms with Crippen LogP contribution in [0.3, 0.4) is 0 Å². The standard InChI is InChI=1S/C22H23NO6/c1-5-29-21(26)18-11-8-15-12-17(13(2)24)22(3,27)20(23(15)18)19(25)14-6-9-16(28-4)10-7-14/h6-12,20,27H,5H2,1-4H3. The predicted molar refractivity (Wildman–Crippen MR) is 106 cm³/mol. The van der Waals surface area contributed by atoms with Crippen LogP contribution in [-0.4, -0.2) is 46.5 Å². The molecule has 0 bridgehead atoms. The molecule has 1 aliphatic heterocycles. The summed E-state index contributed by atoms with van der Waals surface area (Å²) in [5, 5.41) is 11.3. The number of ketones is 2. The molecule has 0 radical (unpaired) electrons. The topological polar surface area (TPSA) is 94.8 Å². The van der Waals surface area contributed by atoms with Crippen molar-refractivity contribution in [3.63, 3.8) is 0 Å². The molecule has 1 aliphatic rings. The largest absolute Gasteiger partial charge is 0.497 e. The van der Waals surface area contributed by atoms with Crippen LogP contribution in [0.25, 0.3) is 6.08 Å². The van der Waals surface area contributed by atoms with Crippen molar-refractivity contribution in [1.29, 1.82) is 0 Å². The molecule has 2 unspecified atom stereocenters. The van der Waals surface area contributed by atoms with Gasteiger partial charge < -0.3 is 19.1 Å². The van der Waals surface area contributed by atoms with E-state index in [4.69, 9.17) is 9.47 Å². The van der Waals surface area contributed by atoms with Crippen molar-refractivity contribution in [2.24, 2.45) is 0 Å². The van der Waals surface area contributed by atoms with E-state index in [1.165, 1.54) is 37.7 Å². The van der Waals surface area contributed by atoms with Crippen LogP contribution in [0.15, 0.2) is 42.0 Å². The highest BCUT2D eigenvalue weighted by Gasteiger charge is 2.48. The minimum Gasteiger partial charge on any atom is -0.497 e. The summed E-state index contributed by atoms with van der Waals surface area (Å²) in [5.74, 6) is -0.822. The second-order valence-corrected chi connectivity index (χ2v) is 6.99. The Bertz CT molecular complexity index is 997. The first-order valence-corrected chi connectivity index (χ1v) is 9.24. The summed E-state index contributed by atoms with van der Waals surface area (Å²) in [7, 11) is 1.52. The quantitative estimate of drug-likeness (QED) is 0.595. The smallest absolute Gasteiger partial charge is 0.354 e. The van der Waals surface area contributed by atoms with Crippen molar-refractivity contribution in [2.75, 3.05) is 13.7 Å². The van der Waals surface area contributed by atoms with Gasteiger partial charge in [0.2, 0.25) is 0 Å². The third-order valence-corrected chi connectivity index (χ3v) is 5.06. The summed E-state index contributed by atoms with van der Waals surface area (Å²) >= 11 is 0. The number of hydrogen-bond donors (Lipinski definition) is 1. The zero-order valence-electron chi connectivity index (χ0n) is 16.8. The highest BCUT2D eigenvalue weighted by molar-refractivity contribution is 6.07. The number of methoxy groups -OCH3 is 1. The average Bonchev–Trinajstić information content (AvgIpc) is 3.09. The van der Waals surface area contributed by atoms with E-state index in [1.807, 2.05) is 0 Å². The number of rotatable bonds is 6. The zero-order valence-corrected chi connectivity index (χ0v) is 16.8. The molecule has 0 saturated heterocycles. The van der Waals surface area contributed by atoms with Crippen LogP contribution in [0.4, 0.5) is 0 Å². The first-order valence-electron chi connectivity index (χ1n) is 9.24. The van der Waals surface area contributed by atoms with Crippen LogP contribution >= 0.6 is 0 Å². The number of esters is 1. The molecule has 0 spiro atoms. The predicted octanol–water partition coefficient (Wildman–Crippen LogP) is 2.83. The lowest BCUT2D eigenvalue weighted by atomic mass is 9.79. The molecule has 1 N–H and O–H groups in total. The molecule has 29 heavy (non-hydrogen) atoms. The van der Waals surface area contributed by atoms with E-state index in [2.05, 4.69) is 0 Å². The van der Waals surface area contributed by atoms with Crippen LogP contribution < -0.4 is 4.74 Å². The first-order chi connectivity index (χ1) is 13.7. The Labute approximate surface area is 168 Å². The average molecular weight is 397 g/mol. The molecule has 0 saturated carbocycles. The van der Waals surface area contributed by atoms with Crippen molar-refractivity contribution in [1.82, 2.24) is 4.57 Å². The third kappa shape index (κ3) is 3.49. The van der Waals surface area contributed by atoms with Crippen LogP contribution in [0, 0.1) is 0 Å². The number of carbonyl (C=O) groups is 3. The van der Waals surface area contributed by atoms with Crippen molar-refractivity contribution < 1.29 is 29.0 Å². The maximum atomic E-state index is 13.5. The summed E-state index contributed by atoms with van der Waals surface area (Å²) in [4.78, 5) is 38.1. The SMILES string of the molecule is CCOC(=O)c1ccc2n1C(C(=O)c1ccc(OC)cc1)C(C)(O)C(C(C)=O)=C2. The molecule has 2 atom stereocenters. The molecule has 1 aromatic heterocycles. The molecule has 1 aromatic carbocycles. The van der Waals surface area contributed by atoms with Gasteiger partial charge in [0.25, 0.3) is 0 Å². The second-order valence-electron chi connectivity index (χ2n) is 6.99. The summed E-state index contributed by atoms with van der Waals surface area (Å²) in [6.07, 6.45) is 1.50. The highest BCUT2D eigenvalue weighted by Crippen LogP contribution is 2.41. The number of hydrogen-bond acceptors (Lipinski definition) is 6. The van der Waals surface area contributed by atoms with Crippen molar-refractivity contribution in [3.05, 3.63) is 58.9 Å². The molecule has 0 aliphatic carbocycles. The van der Waals surface area contributed by atoms with Crippen LogP contribution in [-0.2, 0) is 9.53 Å². The lowest BCUT2D eigenvalue weighted by Gasteiger charge is -2.39. The summed E-state index contributed by atoms with van der Waals surface area (Å²) in [6.45, 7) is 4.59. The van der Waals surface area contributed by atoms with E-state index < -0.39 is 23.4 Å². The van der Waals surface area contributed by atoms with Gasteiger partial charge in [-0.05, 0) is 63.2 Å². The van der Waals surface area contributed by atoms with Crippen molar-refractivity contribution >= 4 is 23.6 Å². The van der Waals surface area contributed by atoms with Gasteiger partial charge in [0, 0.05) is 16.8 Å². The Hall–Kier alpha value is -3.19. The van der Waals surface area contributed by atoms with Gasteiger partial charge in [0.15, 0.2) is 11.6 Å². The van der Waals surface area contributed by atoms with E-state index in [1.54, 1.807) is 37.3 Å². The Morgan fingerprint density at radius 1 is 1.14 bits per heavy atom. The van der Waals surface area contributed by atoms with Crippen molar-refractivity contribution in [3.8, 4) is 5.75 Å². The van der Waals surface area contributed by atoms with Gasteiger partial charge in [-0.3, -0.25) is 9.59 Å². The van der Waals surface area contributed by atoms with Crippen molar-refractivity contribution in [2.45, 2.75) is 32.4 Å². The molecular weight excluding hydrogens is 374 g/mol. The Morgan fingerprint density at radius 2 is 1.79 bits per heavy atom. The molecule has 0 fully saturated rings. The fourth-order valence-electron chi connectivity index (χ4n) is 3.68. The van der Waals surface area contributed by atoms with Gasteiger partial charge in [0.05, 0.1) is 13.7 Å². The number of benzene rings is 1. The first kappa shape index (κ1) is 20.5. The molecule has 2 heterocycles. The maximum Gasteiger partial charge on any atom is 0.354 e. The lowest BCUT2D eigenvalue weighted by Crippen LogP contribution is -2.47. The van der Waals surface area contributed by atoms with Crippen LogP contribution in [0.5, 0.6) is 5.75 Å². The normalized spacial score (nSPS) is 20.4. The number of aliphatic hydroxyl groups is 1.